The minimum absolute atomic E-state index is 0.231. The number of aryl methyl sites for hydroxylation is 1. The molecule has 2 aromatic carbocycles. The van der Waals surface area contributed by atoms with Crippen LogP contribution >= 0.6 is 0 Å². The Labute approximate surface area is 165 Å². The van der Waals surface area contributed by atoms with Gasteiger partial charge in [-0.2, -0.15) is 0 Å². The predicted molar refractivity (Wildman–Crippen MR) is 108 cm³/mol. The summed E-state index contributed by atoms with van der Waals surface area (Å²) in [6.45, 7) is 4.31. The van der Waals surface area contributed by atoms with Crippen molar-refractivity contribution in [3.8, 4) is 0 Å². The number of nitrogens with zero attached hydrogens (tertiary/aromatic N) is 2. The van der Waals surface area contributed by atoms with Gasteiger partial charge in [-0.25, -0.2) is 0 Å². The lowest BCUT2D eigenvalue weighted by molar-refractivity contribution is -0.136. The van der Waals surface area contributed by atoms with Crippen LogP contribution < -0.4 is 4.90 Å². The molecule has 1 N–H and O–H groups in total. The fraction of sp³-hybridized carbons (Fsp3) is 0.391. The molecule has 146 valence electrons. The molecular weight excluding hydrogens is 352 g/mol. The summed E-state index contributed by atoms with van der Waals surface area (Å²) >= 11 is 0. The zero-order valence-corrected chi connectivity index (χ0v) is 16.2. The van der Waals surface area contributed by atoms with E-state index in [1.165, 1.54) is 6.42 Å². The van der Waals surface area contributed by atoms with Gasteiger partial charge in [0.25, 0.3) is 5.91 Å². The highest BCUT2D eigenvalue weighted by molar-refractivity contribution is 6.10. The van der Waals surface area contributed by atoms with Crippen molar-refractivity contribution < 1.29 is 14.7 Å². The first-order valence-electron chi connectivity index (χ1n) is 9.95. The number of piperidine rings is 1. The molecule has 0 aromatic heterocycles. The SMILES string of the molecule is Cc1ccc(C(=O)C[C@@]2(O)C(=O)N(CN3CCCCC3)c3ccccc32)cc1. The molecule has 2 heterocycles. The monoisotopic (exact) mass is 378 g/mol. The highest BCUT2D eigenvalue weighted by atomic mass is 16.3. The van der Waals surface area contributed by atoms with E-state index in [2.05, 4.69) is 4.90 Å². The van der Waals surface area contributed by atoms with Crippen LogP contribution in [0.3, 0.4) is 0 Å². The van der Waals surface area contributed by atoms with E-state index in [-0.39, 0.29) is 12.2 Å². The van der Waals surface area contributed by atoms with Gasteiger partial charge in [-0.3, -0.25) is 19.4 Å². The minimum Gasteiger partial charge on any atom is -0.375 e. The molecule has 2 aliphatic rings. The first-order chi connectivity index (χ1) is 13.5. The molecule has 4 rings (SSSR count). The van der Waals surface area contributed by atoms with Gasteiger partial charge in [0.05, 0.1) is 18.8 Å². The van der Waals surface area contributed by atoms with Crippen molar-refractivity contribution in [2.75, 3.05) is 24.7 Å². The maximum Gasteiger partial charge on any atom is 0.265 e. The van der Waals surface area contributed by atoms with Gasteiger partial charge in [-0.15, -0.1) is 0 Å². The number of carbonyl (C=O) groups excluding carboxylic acids is 2. The maximum absolute atomic E-state index is 13.3. The number of benzene rings is 2. The number of rotatable bonds is 5. The normalized spacial score (nSPS) is 22.4. The number of amides is 1. The van der Waals surface area contributed by atoms with Crippen molar-refractivity contribution in [2.24, 2.45) is 0 Å². The molecule has 5 nitrogen and oxygen atoms in total. The fourth-order valence-electron chi connectivity index (χ4n) is 4.19. The molecule has 0 spiro atoms. The van der Waals surface area contributed by atoms with E-state index in [4.69, 9.17) is 0 Å². The van der Waals surface area contributed by atoms with Gasteiger partial charge in [0, 0.05) is 11.1 Å². The van der Waals surface area contributed by atoms with Crippen LogP contribution in [0.25, 0.3) is 0 Å². The molecule has 0 saturated carbocycles. The quantitative estimate of drug-likeness (QED) is 0.812. The Morgan fingerprint density at radius 1 is 1.04 bits per heavy atom. The number of para-hydroxylation sites is 1. The molecule has 5 heteroatoms. The highest BCUT2D eigenvalue weighted by Crippen LogP contribution is 2.43. The summed E-state index contributed by atoms with van der Waals surface area (Å²) in [5.74, 6) is -0.634. The van der Waals surface area contributed by atoms with Gasteiger partial charge in [0.15, 0.2) is 11.4 Å². The van der Waals surface area contributed by atoms with E-state index in [0.717, 1.165) is 31.5 Å². The van der Waals surface area contributed by atoms with Crippen molar-refractivity contribution >= 4 is 17.4 Å². The van der Waals surface area contributed by atoms with Gasteiger partial charge in [0.1, 0.15) is 0 Å². The molecule has 2 aromatic rings. The Kier molecular flexibility index (Phi) is 5.04. The molecule has 0 radical (unpaired) electrons. The smallest absolute Gasteiger partial charge is 0.265 e. The van der Waals surface area contributed by atoms with Crippen molar-refractivity contribution in [3.05, 3.63) is 65.2 Å². The second kappa shape index (κ2) is 7.49. The van der Waals surface area contributed by atoms with E-state index >= 15 is 0 Å². The summed E-state index contributed by atoms with van der Waals surface area (Å²) in [5, 5.41) is 11.4. The molecule has 1 saturated heterocycles. The van der Waals surface area contributed by atoms with Crippen LogP contribution in [0.15, 0.2) is 48.5 Å². The number of hydrogen-bond donors (Lipinski definition) is 1. The largest absolute Gasteiger partial charge is 0.375 e. The number of carbonyl (C=O) groups is 2. The van der Waals surface area contributed by atoms with Crippen LogP contribution in [0, 0.1) is 6.92 Å². The standard InChI is InChI=1S/C23H26N2O3/c1-17-9-11-18(12-10-17)21(26)15-23(28)19-7-3-4-8-20(19)25(22(23)27)16-24-13-5-2-6-14-24/h3-4,7-12,28H,2,5-6,13-16H2,1H3/t23-/m0/s1. The van der Waals surface area contributed by atoms with Gasteiger partial charge in [-0.1, -0.05) is 54.4 Å². The number of aliphatic hydroxyl groups is 1. The summed E-state index contributed by atoms with van der Waals surface area (Å²) in [5.41, 5.74) is 0.993. The van der Waals surface area contributed by atoms with Crippen molar-refractivity contribution in [1.82, 2.24) is 4.90 Å². The number of fused-ring (bicyclic) bond motifs is 1. The van der Waals surface area contributed by atoms with E-state index in [0.29, 0.717) is 23.5 Å². The average Bonchev–Trinajstić information content (AvgIpc) is 2.91. The molecule has 28 heavy (non-hydrogen) atoms. The van der Waals surface area contributed by atoms with Crippen LogP contribution in [0.5, 0.6) is 0 Å². The second-order valence-electron chi connectivity index (χ2n) is 7.90. The lowest BCUT2D eigenvalue weighted by atomic mass is 9.88. The van der Waals surface area contributed by atoms with Crippen molar-refractivity contribution in [2.45, 2.75) is 38.2 Å². The first-order valence-corrected chi connectivity index (χ1v) is 9.95. The lowest BCUT2D eigenvalue weighted by Crippen LogP contribution is -2.47. The third-order valence-electron chi connectivity index (χ3n) is 5.82. The number of hydrogen-bond acceptors (Lipinski definition) is 4. The third kappa shape index (κ3) is 3.36. The van der Waals surface area contributed by atoms with Gasteiger partial charge >= 0.3 is 0 Å². The van der Waals surface area contributed by atoms with Crippen LogP contribution in [0.1, 0.15) is 47.2 Å². The Morgan fingerprint density at radius 2 is 1.71 bits per heavy atom. The summed E-state index contributed by atoms with van der Waals surface area (Å²) < 4.78 is 0. The van der Waals surface area contributed by atoms with Gasteiger partial charge < -0.3 is 5.11 Å². The zero-order valence-electron chi connectivity index (χ0n) is 16.2. The first kappa shape index (κ1) is 18.8. The Hall–Kier alpha value is -2.50. The molecule has 0 aliphatic carbocycles. The highest BCUT2D eigenvalue weighted by Gasteiger charge is 2.51. The third-order valence-corrected chi connectivity index (χ3v) is 5.82. The maximum atomic E-state index is 13.3. The van der Waals surface area contributed by atoms with E-state index < -0.39 is 11.5 Å². The van der Waals surface area contributed by atoms with Crippen LogP contribution in [-0.2, 0) is 10.4 Å². The Morgan fingerprint density at radius 3 is 2.43 bits per heavy atom. The minimum atomic E-state index is -1.81. The fourth-order valence-corrected chi connectivity index (χ4v) is 4.19. The zero-order chi connectivity index (χ0) is 19.7. The van der Waals surface area contributed by atoms with Crippen molar-refractivity contribution in [3.63, 3.8) is 0 Å². The summed E-state index contributed by atoms with van der Waals surface area (Å²) in [7, 11) is 0. The predicted octanol–water partition coefficient (Wildman–Crippen LogP) is 3.25. The number of Topliss-reactive ketones (excluding diaryl/α,β-unsaturated/α-hetero) is 1. The van der Waals surface area contributed by atoms with Gasteiger partial charge in [-0.05, 0) is 38.9 Å². The topological polar surface area (TPSA) is 60.9 Å². The molecule has 0 bridgehead atoms. The van der Waals surface area contributed by atoms with Crippen LogP contribution in [-0.4, -0.2) is 41.5 Å². The number of anilines is 1. The van der Waals surface area contributed by atoms with Crippen LogP contribution in [0.2, 0.25) is 0 Å². The number of likely N-dealkylation sites (tertiary alicyclic amines) is 1. The summed E-state index contributed by atoms with van der Waals surface area (Å²) in [4.78, 5) is 30.0. The van der Waals surface area contributed by atoms with E-state index in [1.54, 1.807) is 29.2 Å². The van der Waals surface area contributed by atoms with Crippen molar-refractivity contribution in [1.29, 1.82) is 0 Å². The molecule has 1 atom stereocenters. The Bertz CT molecular complexity index is 887. The number of ketones is 1. The molecule has 0 unspecified atom stereocenters. The molecule has 1 fully saturated rings. The van der Waals surface area contributed by atoms with E-state index in [9.17, 15) is 14.7 Å². The summed E-state index contributed by atoms with van der Waals surface area (Å²) in [6, 6.07) is 14.5. The second-order valence-corrected chi connectivity index (χ2v) is 7.90. The average molecular weight is 378 g/mol. The molecule has 2 aliphatic heterocycles. The lowest BCUT2D eigenvalue weighted by Gasteiger charge is -2.31. The van der Waals surface area contributed by atoms with Crippen LogP contribution in [0.4, 0.5) is 5.69 Å². The summed E-state index contributed by atoms with van der Waals surface area (Å²) in [6.07, 6.45) is 3.22. The molecular formula is C23H26N2O3. The van der Waals surface area contributed by atoms with Gasteiger partial charge in [0.2, 0.25) is 0 Å². The van der Waals surface area contributed by atoms with E-state index in [1.807, 2.05) is 31.2 Å². The molecule has 1 amide bonds. The Balaban J connectivity index is 1.61.